The molecule has 0 spiro atoms. The zero-order valence-corrected chi connectivity index (χ0v) is 13.4. The quantitative estimate of drug-likeness (QED) is 0.603. The minimum atomic E-state index is -0.145. The van der Waals surface area contributed by atoms with E-state index in [9.17, 15) is 4.79 Å². The smallest absolute Gasteiger partial charge is 0.327 e. The molecule has 1 saturated heterocycles. The molecule has 126 valence electrons. The Labute approximate surface area is 142 Å². The van der Waals surface area contributed by atoms with Crippen molar-refractivity contribution in [3.05, 3.63) is 47.3 Å². The van der Waals surface area contributed by atoms with Crippen LogP contribution in [0.5, 0.6) is 0 Å². The first-order valence-electron chi connectivity index (χ1n) is 8.29. The Balaban J connectivity index is 1.69. The molecule has 0 radical (unpaired) electrons. The van der Waals surface area contributed by atoms with Crippen molar-refractivity contribution in [2.24, 2.45) is 0 Å². The molecule has 0 unspecified atom stereocenters. The Morgan fingerprint density at radius 2 is 2.08 bits per heavy atom. The van der Waals surface area contributed by atoms with Crippen LogP contribution in [0.15, 0.2) is 41.6 Å². The molecule has 5 heterocycles. The van der Waals surface area contributed by atoms with Crippen molar-refractivity contribution in [1.82, 2.24) is 29.1 Å². The Bertz CT molecular complexity index is 1120. The normalized spacial score (nSPS) is 16.0. The summed E-state index contributed by atoms with van der Waals surface area (Å²) in [6.07, 6.45) is 6.92. The Morgan fingerprint density at radius 3 is 2.96 bits per heavy atom. The fraction of sp³-hybridized carbons (Fsp3) is 0.294. The Kier molecular flexibility index (Phi) is 3.17. The van der Waals surface area contributed by atoms with Gasteiger partial charge in [0.15, 0.2) is 11.5 Å². The first-order chi connectivity index (χ1) is 12.3. The molecule has 8 heteroatoms. The number of hydrogen-bond acceptors (Lipinski definition) is 5. The lowest BCUT2D eigenvalue weighted by molar-refractivity contribution is 0.0697. The highest BCUT2D eigenvalue weighted by atomic mass is 16.5. The van der Waals surface area contributed by atoms with E-state index in [4.69, 9.17) is 9.72 Å². The van der Waals surface area contributed by atoms with Gasteiger partial charge in [-0.15, -0.1) is 0 Å². The van der Waals surface area contributed by atoms with Gasteiger partial charge >= 0.3 is 5.69 Å². The van der Waals surface area contributed by atoms with Crippen LogP contribution >= 0.6 is 0 Å². The summed E-state index contributed by atoms with van der Waals surface area (Å²) < 4.78 is 8.94. The Hall–Kier alpha value is -3.00. The highest BCUT2D eigenvalue weighted by Crippen LogP contribution is 2.25. The first kappa shape index (κ1) is 14.4. The lowest BCUT2D eigenvalue weighted by Crippen LogP contribution is -2.27. The van der Waals surface area contributed by atoms with E-state index in [1.54, 1.807) is 21.5 Å². The lowest BCUT2D eigenvalue weighted by Gasteiger charge is -2.22. The predicted octanol–water partition coefficient (Wildman–Crippen LogP) is 1.79. The molecule has 0 atom stereocenters. The van der Waals surface area contributed by atoms with Crippen molar-refractivity contribution >= 4 is 16.7 Å². The number of rotatable bonds is 2. The average molecular weight is 336 g/mol. The number of H-pyrrole nitrogens is 1. The van der Waals surface area contributed by atoms with Gasteiger partial charge in [0.05, 0.1) is 23.5 Å². The monoisotopic (exact) mass is 336 g/mol. The molecule has 1 fully saturated rings. The number of imidazole rings is 1. The first-order valence-corrected chi connectivity index (χ1v) is 8.29. The van der Waals surface area contributed by atoms with Gasteiger partial charge in [-0.2, -0.15) is 5.10 Å². The summed E-state index contributed by atoms with van der Waals surface area (Å²) in [5, 5.41) is 4.34. The van der Waals surface area contributed by atoms with Gasteiger partial charge in [-0.05, 0) is 25.0 Å². The van der Waals surface area contributed by atoms with Crippen LogP contribution in [0.25, 0.3) is 28.1 Å². The summed E-state index contributed by atoms with van der Waals surface area (Å²) in [6, 6.07) is 5.94. The lowest BCUT2D eigenvalue weighted by atomic mass is 10.1. The van der Waals surface area contributed by atoms with Crippen molar-refractivity contribution in [2.45, 2.75) is 18.9 Å². The van der Waals surface area contributed by atoms with E-state index in [0.29, 0.717) is 30.2 Å². The fourth-order valence-electron chi connectivity index (χ4n) is 3.43. The molecule has 0 saturated carbocycles. The largest absolute Gasteiger partial charge is 0.381 e. The van der Waals surface area contributed by atoms with Gasteiger partial charge in [-0.1, -0.05) is 6.07 Å². The zero-order chi connectivity index (χ0) is 16.8. The molecule has 1 aliphatic rings. The van der Waals surface area contributed by atoms with Crippen LogP contribution < -0.4 is 5.69 Å². The molecule has 0 aliphatic carbocycles. The summed E-state index contributed by atoms with van der Waals surface area (Å²) in [5.74, 6) is 0.563. The van der Waals surface area contributed by atoms with Crippen LogP contribution in [-0.2, 0) is 4.74 Å². The van der Waals surface area contributed by atoms with E-state index in [2.05, 4.69) is 15.1 Å². The molecule has 0 bridgehead atoms. The van der Waals surface area contributed by atoms with Gasteiger partial charge in [0, 0.05) is 25.5 Å². The molecule has 1 aliphatic heterocycles. The van der Waals surface area contributed by atoms with Gasteiger partial charge in [0.2, 0.25) is 0 Å². The number of nitrogens with zero attached hydrogens (tertiary/aromatic N) is 5. The van der Waals surface area contributed by atoms with Crippen LogP contribution in [0.4, 0.5) is 0 Å². The van der Waals surface area contributed by atoms with Crippen molar-refractivity contribution in [2.75, 3.05) is 13.2 Å². The van der Waals surface area contributed by atoms with Gasteiger partial charge in [0.1, 0.15) is 5.52 Å². The van der Waals surface area contributed by atoms with E-state index < -0.39 is 0 Å². The van der Waals surface area contributed by atoms with Gasteiger partial charge in [0.25, 0.3) is 0 Å². The standard InChI is InChI=1S/C17H16N6O2/c24-17-20-13-10-18-15(12-9-19-22-6-2-1-3-14(12)22)21-16(13)23(17)11-4-7-25-8-5-11/h1-3,6,9-11H,4-5,7-8H2,(H,20,24). The van der Waals surface area contributed by atoms with E-state index in [1.165, 1.54) is 0 Å². The molecule has 1 N–H and O–H groups in total. The van der Waals surface area contributed by atoms with E-state index in [-0.39, 0.29) is 11.7 Å². The van der Waals surface area contributed by atoms with Crippen LogP contribution in [0.3, 0.4) is 0 Å². The predicted molar refractivity (Wildman–Crippen MR) is 91.4 cm³/mol. The van der Waals surface area contributed by atoms with Crippen LogP contribution in [-0.4, -0.2) is 42.3 Å². The SMILES string of the molecule is O=c1[nH]c2cnc(-c3cnn4ccccc34)nc2n1C1CCOCC1. The van der Waals surface area contributed by atoms with Gasteiger partial charge in [-0.25, -0.2) is 19.3 Å². The second-order valence-corrected chi connectivity index (χ2v) is 6.16. The molecule has 0 aromatic carbocycles. The minimum absolute atomic E-state index is 0.0988. The molecule has 4 aromatic heterocycles. The molecule has 0 amide bonds. The number of pyridine rings is 1. The summed E-state index contributed by atoms with van der Waals surface area (Å²) in [6.45, 7) is 1.32. The molecule has 5 rings (SSSR count). The highest BCUT2D eigenvalue weighted by Gasteiger charge is 2.22. The highest BCUT2D eigenvalue weighted by molar-refractivity contribution is 5.79. The third kappa shape index (κ3) is 2.25. The van der Waals surface area contributed by atoms with Crippen LogP contribution in [0.2, 0.25) is 0 Å². The van der Waals surface area contributed by atoms with Crippen LogP contribution in [0, 0.1) is 0 Å². The maximum absolute atomic E-state index is 12.4. The van der Waals surface area contributed by atoms with E-state index in [1.807, 2.05) is 24.4 Å². The number of aromatic amines is 1. The third-order valence-electron chi connectivity index (χ3n) is 4.68. The number of ether oxygens (including phenoxy) is 1. The third-order valence-corrected chi connectivity index (χ3v) is 4.68. The maximum atomic E-state index is 12.4. The van der Waals surface area contributed by atoms with Crippen molar-refractivity contribution in [1.29, 1.82) is 0 Å². The maximum Gasteiger partial charge on any atom is 0.327 e. The molecule has 8 nitrogen and oxygen atoms in total. The summed E-state index contributed by atoms with van der Waals surface area (Å²) >= 11 is 0. The fourth-order valence-corrected chi connectivity index (χ4v) is 3.43. The molecular weight excluding hydrogens is 320 g/mol. The molecular formula is C17H16N6O2. The summed E-state index contributed by atoms with van der Waals surface area (Å²) in [4.78, 5) is 24.4. The van der Waals surface area contributed by atoms with Crippen molar-refractivity contribution in [3.63, 3.8) is 0 Å². The molecule has 25 heavy (non-hydrogen) atoms. The van der Waals surface area contributed by atoms with Crippen molar-refractivity contribution < 1.29 is 4.74 Å². The van der Waals surface area contributed by atoms with E-state index >= 15 is 0 Å². The number of aromatic nitrogens is 6. The summed E-state index contributed by atoms with van der Waals surface area (Å²) in [5.41, 5.74) is 2.91. The Morgan fingerprint density at radius 1 is 1.20 bits per heavy atom. The second-order valence-electron chi connectivity index (χ2n) is 6.16. The number of hydrogen-bond donors (Lipinski definition) is 1. The minimum Gasteiger partial charge on any atom is -0.381 e. The van der Waals surface area contributed by atoms with Gasteiger partial charge in [-0.3, -0.25) is 4.57 Å². The second kappa shape index (κ2) is 5.52. The summed E-state index contributed by atoms with van der Waals surface area (Å²) in [7, 11) is 0. The van der Waals surface area contributed by atoms with Gasteiger partial charge < -0.3 is 9.72 Å². The number of nitrogens with one attached hydrogen (secondary N) is 1. The van der Waals surface area contributed by atoms with Crippen molar-refractivity contribution in [3.8, 4) is 11.4 Å². The van der Waals surface area contributed by atoms with Crippen LogP contribution in [0.1, 0.15) is 18.9 Å². The number of fused-ring (bicyclic) bond motifs is 2. The molecule has 4 aromatic rings. The average Bonchev–Trinajstić information content (AvgIpc) is 3.22. The zero-order valence-electron chi connectivity index (χ0n) is 13.4. The topological polar surface area (TPSA) is 90.1 Å². The van der Waals surface area contributed by atoms with E-state index in [0.717, 1.165) is 23.9 Å².